The Morgan fingerprint density at radius 3 is 2.83 bits per heavy atom. The molecule has 2 aromatic rings. The molecule has 0 aliphatic carbocycles. The van der Waals surface area contributed by atoms with E-state index in [4.69, 9.17) is 0 Å². The zero-order valence-electron chi connectivity index (χ0n) is 17.0. The predicted octanol–water partition coefficient (Wildman–Crippen LogP) is 4.57. The summed E-state index contributed by atoms with van der Waals surface area (Å²) < 4.78 is 0. The summed E-state index contributed by atoms with van der Waals surface area (Å²) >= 11 is 0. The molecule has 1 aliphatic rings. The number of ketones is 1. The number of unbranched alkanes of at least 4 members (excludes halogenated alkanes) is 3. The first kappa shape index (κ1) is 21.0. The smallest absolute Gasteiger partial charge is 0.135 e. The highest BCUT2D eigenvalue weighted by Gasteiger charge is 2.22. The molecule has 0 saturated carbocycles. The first-order chi connectivity index (χ1) is 14.2. The minimum Gasteiger partial charge on any atom is -0.383 e. The lowest BCUT2D eigenvalue weighted by molar-refractivity contribution is -0.122. The number of Topliss-reactive ketones (excluding diaryl/α,β-unsaturated/α-hetero) is 1. The molecule has 0 radical (unpaired) electrons. The van der Waals surface area contributed by atoms with Crippen molar-refractivity contribution in [3.8, 4) is 11.3 Å². The second-order valence-electron chi connectivity index (χ2n) is 7.65. The van der Waals surface area contributed by atoms with E-state index in [-0.39, 0.29) is 0 Å². The van der Waals surface area contributed by atoms with Crippen LogP contribution in [0.4, 0.5) is 11.4 Å². The Labute approximate surface area is 171 Å². The van der Waals surface area contributed by atoms with Crippen LogP contribution in [0.3, 0.4) is 0 Å². The van der Waals surface area contributed by atoms with Crippen LogP contribution < -0.4 is 5.32 Å². The molecule has 2 heterocycles. The van der Waals surface area contributed by atoms with Gasteiger partial charge in [0.1, 0.15) is 11.5 Å². The normalized spacial score (nSPS) is 17.3. The molecule has 154 valence electrons. The van der Waals surface area contributed by atoms with Gasteiger partial charge in [-0.25, -0.2) is 0 Å². The Morgan fingerprint density at radius 2 is 2.07 bits per heavy atom. The fourth-order valence-electron chi connectivity index (χ4n) is 3.77. The van der Waals surface area contributed by atoms with E-state index in [1.165, 1.54) is 6.42 Å². The van der Waals surface area contributed by atoms with E-state index in [9.17, 15) is 9.70 Å². The third-order valence-corrected chi connectivity index (χ3v) is 5.48. The van der Waals surface area contributed by atoms with Crippen molar-refractivity contribution in [1.82, 2.24) is 15.1 Å². The van der Waals surface area contributed by atoms with Gasteiger partial charge >= 0.3 is 0 Å². The maximum absolute atomic E-state index is 11.5. The number of benzene rings is 1. The maximum atomic E-state index is 11.5. The minimum absolute atomic E-state index is 0.386. The zero-order valence-corrected chi connectivity index (χ0v) is 17.0. The van der Waals surface area contributed by atoms with Crippen LogP contribution in [-0.4, -0.2) is 46.6 Å². The Balaban J connectivity index is 1.37. The number of nitrogens with zero attached hydrogens (tertiary/aromatic N) is 4. The van der Waals surface area contributed by atoms with E-state index in [0.717, 1.165) is 55.8 Å². The summed E-state index contributed by atoms with van der Waals surface area (Å²) in [4.78, 5) is 25.1. The van der Waals surface area contributed by atoms with Crippen molar-refractivity contribution in [3.63, 3.8) is 0 Å². The number of nitroso groups, excluding NO2 is 1. The van der Waals surface area contributed by atoms with E-state index in [0.29, 0.717) is 30.4 Å². The van der Waals surface area contributed by atoms with Gasteiger partial charge in [-0.1, -0.05) is 18.9 Å². The Hall–Kier alpha value is -2.67. The summed E-state index contributed by atoms with van der Waals surface area (Å²) in [5.74, 6) is 0.397. The fourth-order valence-corrected chi connectivity index (χ4v) is 3.77. The van der Waals surface area contributed by atoms with Crippen LogP contribution in [0.5, 0.6) is 0 Å². The minimum atomic E-state index is 0.386. The second kappa shape index (κ2) is 10.8. The van der Waals surface area contributed by atoms with Crippen LogP contribution in [0.25, 0.3) is 11.3 Å². The van der Waals surface area contributed by atoms with Gasteiger partial charge in [-0.05, 0) is 55.8 Å². The lowest BCUT2D eigenvalue weighted by Crippen LogP contribution is -2.41. The summed E-state index contributed by atoms with van der Waals surface area (Å²) in [6.07, 6.45) is 7.53. The number of carbonyl (C=O) groups is 1. The molecule has 7 nitrogen and oxygen atoms in total. The molecule has 1 saturated heterocycles. The number of aromatic nitrogens is 2. The van der Waals surface area contributed by atoms with Gasteiger partial charge in [0.05, 0.1) is 11.4 Å². The lowest BCUT2D eigenvalue weighted by atomic mass is 10.0. The Bertz CT molecular complexity index is 812. The first-order valence-corrected chi connectivity index (χ1v) is 10.4. The monoisotopic (exact) mass is 395 g/mol. The van der Waals surface area contributed by atoms with Crippen molar-refractivity contribution in [2.24, 2.45) is 5.18 Å². The number of hydrogen-bond acceptors (Lipinski definition) is 7. The predicted molar refractivity (Wildman–Crippen MR) is 115 cm³/mol. The molecule has 29 heavy (non-hydrogen) atoms. The van der Waals surface area contributed by atoms with Gasteiger partial charge in [0.25, 0.3) is 0 Å². The molecule has 0 spiro atoms. The van der Waals surface area contributed by atoms with Crippen molar-refractivity contribution >= 4 is 17.2 Å². The van der Waals surface area contributed by atoms with E-state index in [1.54, 1.807) is 12.3 Å². The molecule has 1 fully saturated rings. The second-order valence-corrected chi connectivity index (χ2v) is 7.65. The summed E-state index contributed by atoms with van der Waals surface area (Å²) in [5.41, 5.74) is 2.68. The first-order valence-electron chi connectivity index (χ1n) is 10.4. The van der Waals surface area contributed by atoms with E-state index >= 15 is 0 Å². The third-order valence-electron chi connectivity index (χ3n) is 5.48. The van der Waals surface area contributed by atoms with Crippen LogP contribution in [-0.2, 0) is 4.79 Å². The number of likely N-dealkylation sites (tertiary alicyclic amines) is 1. The fraction of sp³-hybridized carbons (Fsp3) is 0.500. The zero-order chi connectivity index (χ0) is 20.5. The maximum Gasteiger partial charge on any atom is 0.135 e. The Kier molecular flexibility index (Phi) is 7.81. The van der Waals surface area contributed by atoms with E-state index < -0.39 is 0 Å². The molecular weight excluding hydrogens is 366 g/mol. The van der Waals surface area contributed by atoms with Crippen LogP contribution in [0, 0.1) is 4.91 Å². The SMILES string of the molecule is C[C@@H]1CC(=O)CCN1CCCCCCNc1ccc(-c2cccnn2)cc1N=O. The topological polar surface area (TPSA) is 87.6 Å². The van der Waals surface area contributed by atoms with Crippen LogP contribution in [0.1, 0.15) is 45.4 Å². The number of rotatable bonds is 10. The number of anilines is 1. The molecular formula is C22H29N5O2. The number of piperidine rings is 1. The average molecular weight is 396 g/mol. The standard InChI is InChI=1S/C22H29N5O2/c1-17-15-19(28)10-14-27(17)13-5-3-2-4-11-23-21-9-8-18(16-22(21)26-29)20-7-6-12-24-25-20/h6-9,12,16-17,23H,2-5,10-11,13-15H2,1H3/t17-/m1/s1. The van der Waals surface area contributed by atoms with Crippen molar-refractivity contribution in [2.45, 2.75) is 51.5 Å². The van der Waals surface area contributed by atoms with Crippen molar-refractivity contribution in [2.75, 3.05) is 25.0 Å². The highest BCUT2D eigenvalue weighted by atomic mass is 16.3. The van der Waals surface area contributed by atoms with Crippen molar-refractivity contribution in [1.29, 1.82) is 0 Å². The molecule has 1 aliphatic heterocycles. The van der Waals surface area contributed by atoms with Gasteiger partial charge in [-0.3, -0.25) is 9.69 Å². The van der Waals surface area contributed by atoms with E-state index in [1.807, 2.05) is 24.3 Å². The van der Waals surface area contributed by atoms with Gasteiger partial charge in [0, 0.05) is 43.7 Å². The largest absolute Gasteiger partial charge is 0.383 e. The van der Waals surface area contributed by atoms with Crippen LogP contribution >= 0.6 is 0 Å². The van der Waals surface area contributed by atoms with Crippen LogP contribution in [0.15, 0.2) is 41.7 Å². The molecule has 1 N–H and O–H groups in total. The lowest BCUT2D eigenvalue weighted by Gasteiger charge is -2.32. The quantitative estimate of drug-likeness (QED) is 0.468. The summed E-state index contributed by atoms with van der Waals surface area (Å²) in [5, 5.41) is 14.4. The van der Waals surface area contributed by atoms with Crippen LogP contribution in [0.2, 0.25) is 0 Å². The molecule has 0 amide bonds. The average Bonchev–Trinajstić information content (AvgIpc) is 2.75. The molecule has 1 atom stereocenters. The molecule has 3 rings (SSSR count). The molecule has 7 heteroatoms. The highest BCUT2D eigenvalue weighted by Crippen LogP contribution is 2.30. The van der Waals surface area contributed by atoms with Crippen molar-refractivity contribution < 1.29 is 4.79 Å². The number of carbonyl (C=O) groups excluding carboxylic acids is 1. The van der Waals surface area contributed by atoms with E-state index in [2.05, 4.69) is 32.5 Å². The molecule has 0 bridgehead atoms. The van der Waals surface area contributed by atoms with Gasteiger partial charge in [0.2, 0.25) is 0 Å². The molecule has 1 aromatic heterocycles. The Morgan fingerprint density at radius 1 is 1.21 bits per heavy atom. The summed E-state index contributed by atoms with van der Waals surface area (Å²) in [6, 6.07) is 9.59. The highest BCUT2D eigenvalue weighted by molar-refractivity contribution is 5.79. The third kappa shape index (κ3) is 6.15. The number of hydrogen-bond donors (Lipinski definition) is 1. The number of nitrogens with one attached hydrogen (secondary N) is 1. The van der Waals surface area contributed by atoms with Gasteiger partial charge in [-0.15, -0.1) is 4.91 Å². The van der Waals surface area contributed by atoms with Crippen molar-refractivity contribution in [3.05, 3.63) is 41.4 Å². The van der Waals surface area contributed by atoms with Gasteiger partial charge in [-0.2, -0.15) is 10.2 Å². The van der Waals surface area contributed by atoms with Gasteiger partial charge < -0.3 is 5.32 Å². The summed E-state index contributed by atoms with van der Waals surface area (Å²) in [7, 11) is 0. The molecule has 1 aromatic carbocycles. The summed E-state index contributed by atoms with van der Waals surface area (Å²) in [6.45, 7) is 4.94. The molecule has 0 unspecified atom stereocenters. The van der Waals surface area contributed by atoms with Gasteiger partial charge in [0.15, 0.2) is 0 Å².